The molecule has 5 heteroatoms. The lowest BCUT2D eigenvalue weighted by Gasteiger charge is -2.47. The summed E-state index contributed by atoms with van der Waals surface area (Å²) in [5, 5.41) is 11.8. The van der Waals surface area contributed by atoms with Crippen molar-refractivity contribution in [2.45, 2.75) is 56.5 Å². The lowest BCUT2D eigenvalue weighted by Crippen LogP contribution is -2.53. The minimum atomic E-state index is -0.390. The summed E-state index contributed by atoms with van der Waals surface area (Å²) in [5.41, 5.74) is -0.390. The molecule has 2 heterocycles. The molecule has 0 amide bonds. The molecule has 2 aliphatic carbocycles. The van der Waals surface area contributed by atoms with Gasteiger partial charge in [0.25, 0.3) is 0 Å². The van der Waals surface area contributed by atoms with Crippen molar-refractivity contribution in [1.29, 1.82) is 0 Å². The highest BCUT2D eigenvalue weighted by Crippen LogP contribution is 2.43. The maximum absolute atomic E-state index is 10.7. The van der Waals surface area contributed by atoms with Crippen molar-refractivity contribution in [1.82, 2.24) is 9.36 Å². The predicted octanol–water partition coefficient (Wildman–Crippen LogP) is 2.55. The second-order valence-corrected chi connectivity index (χ2v) is 7.18. The Bertz CT molecular complexity index is 473. The van der Waals surface area contributed by atoms with Crippen LogP contribution in [0.1, 0.15) is 56.7 Å². The molecule has 4 rings (SSSR count). The number of aromatic nitrogens is 2. The lowest BCUT2D eigenvalue weighted by molar-refractivity contribution is -0.0612. The van der Waals surface area contributed by atoms with Crippen LogP contribution in [0.4, 0.5) is 5.13 Å². The van der Waals surface area contributed by atoms with E-state index in [9.17, 15) is 5.11 Å². The largest absolute Gasteiger partial charge is 0.389 e. The van der Waals surface area contributed by atoms with Crippen LogP contribution in [0, 0.1) is 5.92 Å². The molecule has 1 saturated heterocycles. The van der Waals surface area contributed by atoms with Crippen LogP contribution in [0.5, 0.6) is 0 Å². The Morgan fingerprint density at radius 2 is 2.11 bits per heavy atom. The van der Waals surface area contributed by atoms with Crippen LogP contribution in [0.25, 0.3) is 0 Å². The Morgan fingerprint density at radius 1 is 1.21 bits per heavy atom. The zero-order valence-corrected chi connectivity index (χ0v) is 12.0. The smallest absolute Gasteiger partial charge is 0.205 e. The minimum Gasteiger partial charge on any atom is -0.389 e. The summed E-state index contributed by atoms with van der Waals surface area (Å²) >= 11 is 1.55. The SMILES string of the molecule is OC12CCCCC1CN(c1nc(C3CC3)ns1)CC2. The quantitative estimate of drug-likeness (QED) is 0.904. The van der Waals surface area contributed by atoms with E-state index in [1.54, 1.807) is 11.5 Å². The zero-order chi connectivity index (χ0) is 12.9. The Kier molecular flexibility index (Phi) is 2.81. The Hall–Kier alpha value is -0.680. The highest BCUT2D eigenvalue weighted by Gasteiger charge is 2.43. The molecule has 1 aromatic heterocycles. The molecule has 3 aliphatic rings. The number of aliphatic hydroxyl groups is 1. The van der Waals surface area contributed by atoms with Gasteiger partial charge >= 0.3 is 0 Å². The molecule has 2 atom stereocenters. The van der Waals surface area contributed by atoms with Gasteiger partial charge in [-0.2, -0.15) is 4.37 Å². The van der Waals surface area contributed by atoms with Crippen molar-refractivity contribution in [3.8, 4) is 0 Å². The predicted molar refractivity (Wildman–Crippen MR) is 75.6 cm³/mol. The molecule has 0 bridgehead atoms. The fourth-order valence-corrected chi connectivity index (χ4v) is 4.39. The van der Waals surface area contributed by atoms with Crippen LogP contribution >= 0.6 is 11.5 Å². The number of hydrogen-bond acceptors (Lipinski definition) is 5. The van der Waals surface area contributed by atoms with E-state index < -0.39 is 5.60 Å². The van der Waals surface area contributed by atoms with Gasteiger partial charge in [-0.25, -0.2) is 4.98 Å². The minimum absolute atomic E-state index is 0.390. The first kappa shape index (κ1) is 12.1. The maximum Gasteiger partial charge on any atom is 0.205 e. The molecular formula is C14H21N3OS. The Morgan fingerprint density at radius 3 is 2.95 bits per heavy atom. The normalized spacial score (nSPS) is 35.2. The number of anilines is 1. The van der Waals surface area contributed by atoms with Crippen molar-refractivity contribution in [2.75, 3.05) is 18.0 Å². The number of hydrogen-bond donors (Lipinski definition) is 1. The molecule has 4 nitrogen and oxygen atoms in total. The van der Waals surface area contributed by atoms with Gasteiger partial charge in [0, 0.05) is 36.5 Å². The monoisotopic (exact) mass is 279 g/mol. The van der Waals surface area contributed by atoms with E-state index in [2.05, 4.69) is 9.27 Å². The first-order valence-electron chi connectivity index (χ1n) is 7.55. The summed E-state index contributed by atoms with van der Waals surface area (Å²) in [6.07, 6.45) is 8.05. The third-order valence-corrected chi connectivity index (χ3v) is 5.86. The van der Waals surface area contributed by atoms with Gasteiger partial charge in [-0.3, -0.25) is 0 Å². The number of nitrogens with zero attached hydrogens (tertiary/aromatic N) is 3. The van der Waals surface area contributed by atoms with E-state index in [1.807, 2.05) is 0 Å². The Labute approximate surface area is 118 Å². The molecule has 1 aromatic rings. The van der Waals surface area contributed by atoms with Crippen LogP contribution in [0.3, 0.4) is 0 Å². The second kappa shape index (κ2) is 4.42. The third-order valence-electron chi connectivity index (χ3n) is 5.07. The average molecular weight is 279 g/mol. The highest BCUT2D eigenvalue weighted by molar-refractivity contribution is 7.09. The van der Waals surface area contributed by atoms with Crippen molar-refractivity contribution in [3.63, 3.8) is 0 Å². The van der Waals surface area contributed by atoms with Gasteiger partial charge in [-0.05, 0) is 32.1 Å². The number of fused-ring (bicyclic) bond motifs is 1. The third kappa shape index (κ3) is 2.17. The lowest BCUT2D eigenvalue weighted by atomic mass is 9.71. The van der Waals surface area contributed by atoms with Crippen molar-refractivity contribution < 1.29 is 5.11 Å². The summed E-state index contributed by atoms with van der Waals surface area (Å²) in [6.45, 7) is 1.90. The van der Waals surface area contributed by atoms with E-state index in [-0.39, 0.29) is 0 Å². The van der Waals surface area contributed by atoms with Gasteiger partial charge in [-0.15, -0.1) is 0 Å². The van der Waals surface area contributed by atoms with Crippen LogP contribution in [-0.4, -0.2) is 33.2 Å². The summed E-state index contributed by atoms with van der Waals surface area (Å²) in [5.74, 6) is 2.13. The van der Waals surface area contributed by atoms with Crippen LogP contribution in [0.2, 0.25) is 0 Å². The molecule has 0 radical (unpaired) electrons. The van der Waals surface area contributed by atoms with E-state index in [1.165, 1.54) is 32.1 Å². The molecule has 1 aliphatic heterocycles. The first-order valence-corrected chi connectivity index (χ1v) is 8.33. The van der Waals surface area contributed by atoms with Crippen molar-refractivity contribution >= 4 is 16.7 Å². The van der Waals surface area contributed by atoms with Crippen molar-refractivity contribution in [3.05, 3.63) is 5.82 Å². The van der Waals surface area contributed by atoms with Gasteiger partial charge in [0.05, 0.1) is 5.60 Å². The van der Waals surface area contributed by atoms with E-state index >= 15 is 0 Å². The van der Waals surface area contributed by atoms with Crippen LogP contribution in [0.15, 0.2) is 0 Å². The first-order chi connectivity index (χ1) is 9.24. The standard InChI is InChI=1S/C14H21N3OS/c18-14-6-2-1-3-11(14)9-17(8-7-14)13-15-12(16-19-13)10-4-5-10/h10-11,18H,1-9H2. The van der Waals surface area contributed by atoms with E-state index in [0.717, 1.165) is 36.9 Å². The summed E-state index contributed by atoms with van der Waals surface area (Å²) in [7, 11) is 0. The van der Waals surface area contributed by atoms with E-state index in [0.29, 0.717) is 11.8 Å². The molecule has 1 N–H and O–H groups in total. The van der Waals surface area contributed by atoms with Crippen LogP contribution < -0.4 is 4.90 Å². The highest BCUT2D eigenvalue weighted by atomic mass is 32.1. The molecule has 2 saturated carbocycles. The topological polar surface area (TPSA) is 49.2 Å². The Balaban J connectivity index is 1.50. The maximum atomic E-state index is 10.7. The average Bonchev–Trinajstić information content (AvgIpc) is 3.16. The summed E-state index contributed by atoms with van der Waals surface area (Å²) in [6, 6.07) is 0. The molecule has 0 aromatic carbocycles. The summed E-state index contributed by atoms with van der Waals surface area (Å²) < 4.78 is 4.50. The number of rotatable bonds is 2. The van der Waals surface area contributed by atoms with Gasteiger partial charge in [0.15, 0.2) is 0 Å². The van der Waals surface area contributed by atoms with Gasteiger partial charge < -0.3 is 10.0 Å². The van der Waals surface area contributed by atoms with Gasteiger partial charge in [-0.1, -0.05) is 12.8 Å². The fourth-order valence-electron chi connectivity index (χ4n) is 3.61. The molecule has 3 fully saturated rings. The fraction of sp³-hybridized carbons (Fsp3) is 0.857. The second-order valence-electron chi connectivity index (χ2n) is 6.45. The van der Waals surface area contributed by atoms with Crippen molar-refractivity contribution in [2.24, 2.45) is 5.92 Å². The van der Waals surface area contributed by atoms with Gasteiger partial charge in [0.1, 0.15) is 5.82 Å². The zero-order valence-electron chi connectivity index (χ0n) is 11.2. The van der Waals surface area contributed by atoms with E-state index in [4.69, 9.17) is 4.98 Å². The number of piperidine rings is 1. The molecule has 2 unspecified atom stereocenters. The molecule has 19 heavy (non-hydrogen) atoms. The molecule has 104 valence electrons. The molecular weight excluding hydrogens is 258 g/mol. The van der Waals surface area contributed by atoms with Gasteiger partial charge in [0.2, 0.25) is 5.13 Å². The summed E-state index contributed by atoms with van der Waals surface area (Å²) in [4.78, 5) is 7.06. The molecule has 0 spiro atoms. The van der Waals surface area contributed by atoms with Crippen LogP contribution in [-0.2, 0) is 0 Å².